The molecule has 0 radical (unpaired) electrons. The Balaban J connectivity index is 1.75. The summed E-state index contributed by atoms with van der Waals surface area (Å²) in [6.45, 7) is 11.3. The van der Waals surface area contributed by atoms with Gasteiger partial charge in [-0.05, 0) is 65.3 Å². The molecule has 0 aliphatic carbocycles. The molecule has 0 aromatic rings. The average molecular weight is 283 g/mol. The Bertz CT molecular complexity index is 273. The lowest BCUT2D eigenvalue weighted by Crippen LogP contribution is -2.56. The normalized spacial score (nSPS) is 26.6. The molecule has 0 amide bonds. The summed E-state index contributed by atoms with van der Waals surface area (Å²) in [6, 6.07) is 0.811. The fourth-order valence-corrected chi connectivity index (χ4v) is 3.81. The van der Waals surface area contributed by atoms with Crippen molar-refractivity contribution in [3.05, 3.63) is 0 Å². The average Bonchev–Trinajstić information content (AvgIpc) is 2.49. The van der Waals surface area contributed by atoms with E-state index in [0.29, 0.717) is 0 Å². The lowest BCUT2D eigenvalue weighted by Gasteiger charge is -2.42. The van der Waals surface area contributed by atoms with Crippen molar-refractivity contribution < 1.29 is 5.11 Å². The second kappa shape index (κ2) is 7.74. The van der Waals surface area contributed by atoms with E-state index in [-0.39, 0.29) is 12.1 Å². The van der Waals surface area contributed by atoms with E-state index in [9.17, 15) is 5.11 Å². The maximum Gasteiger partial charge on any atom is 0.0623 e. The number of likely N-dealkylation sites (tertiary alicyclic amines) is 2. The number of nitrogens with zero attached hydrogens (tertiary/aromatic N) is 2. The molecule has 2 N–H and O–H groups in total. The van der Waals surface area contributed by atoms with Crippen molar-refractivity contribution in [3.8, 4) is 0 Å². The van der Waals surface area contributed by atoms with Gasteiger partial charge < -0.3 is 20.2 Å². The van der Waals surface area contributed by atoms with Crippen LogP contribution in [0.4, 0.5) is 0 Å². The highest BCUT2D eigenvalue weighted by Crippen LogP contribution is 2.21. The first-order chi connectivity index (χ1) is 9.67. The number of likely N-dealkylation sites (N-methyl/N-ethyl adjacent to an activating group) is 1. The number of hydrogen-bond donors (Lipinski definition) is 2. The molecule has 0 spiro atoms. The second-order valence-corrected chi connectivity index (χ2v) is 6.85. The third kappa shape index (κ3) is 4.42. The number of aliphatic hydroxyl groups excluding tert-OH is 1. The molecular weight excluding hydrogens is 250 g/mol. The Labute approximate surface area is 124 Å². The summed E-state index contributed by atoms with van der Waals surface area (Å²) in [4.78, 5) is 5.25. The zero-order valence-corrected chi connectivity index (χ0v) is 13.4. The fourth-order valence-electron chi connectivity index (χ4n) is 3.81. The second-order valence-electron chi connectivity index (χ2n) is 6.85. The minimum Gasteiger partial charge on any atom is -0.394 e. The molecule has 0 saturated carbocycles. The molecule has 1 atom stereocenters. The predicted molar refractivity (Wildman–Crippen MR) is 84.1 cm³/mol. The van der Waals surface area contributed by atoms with Crippen LogP contribution in [0.3, 0.4) is 0 Å². The van der Waals surface area contributed by atoms with Crippen LogP contribution in [-0.2, 0) is 0 Å². The van der Waals surface area contributed by atoms with Crippen LogP contribution in [0.5, 0.6) is 0 Å². The molecule has 20 heavy (non-hydrogen) atoms. The molecule has 0 aromatic heterocycles. The van der Waals surface area contributed by atoms with E-state index < -0.39 is 0 Å². The lowest BCUT2D eigenvalue weighted by molar-refractivity contribution is 0.0650. The first kappa shape index (κ1) is 16.2. The topological polar surface area (TPSA) is 38.7 Å². The molecular formula is C16H33N3O. The zero-order valence-electron chi connectivity index (χ0n) is 13.4. The lowest BCUT2D eigenvalue weighted by atomic mass is 9.97. The van der Waals surface area contributed by atoms with Crippen molar-refractivity contribution in [3.63, 3.8) is 0 Å². The third-order valence-corrected chi connectivity index (χ3v) is 4.99. The van der Waals surface area contributed by atoms with Crippen LogP contribution in [0.1, 0.15) is 46.0 Å². The van der Waals surface area contributed by atoms with Gasteiger partial charge in [0, 0.05) is 12.6 Å². The van der Waals surface area contributed by atoms with E-state index in [4.69, 9.17) is 0 Å². The molecule has 2 aliphatic rings. The van der Waals surface area contributed by atoms with Crippen molar-refractivity contribution in [1.29, 1.82) is 0 Å². The minimum absolute atomic E-state index is 0.146. The van der Waals surface area contributed by atoms with Crippen LogP contribution in [0, 0.1) is 0 Å². The summed E-state index contributed by atoms with van der Waals surface area (Å²) in [6.07, 6.45) is 6.81. The zero-order chi connectivity index (χ0) is 14.4. The Morgan fingerprint density at radius 1 is 1.10 bits per heavy atom. The molecule has 2 fully saturated rings. The van der Waals surface area contributed by atoms with Gasteiger partial charge in [0.15, 0.2) is 0 Å². The summed E-state index contributed by atoms with van der Waals surface area (Å²) < 4.78 is 0. The van der Waals surface area contributed by atoms with Gasteiger partial charge in [-0.25, -0.2) is 0 Å². The van der Waals surface area contributed by atoms with E-state index in [1.54, 1.807) is 0 Å². The van der Waals surface area contributed by atoms with Crippen LogP contribution < -0.4 is 5.32 Å². The number of hydrogen-bond acceptors (Lipinski definition) is 4. The van der Waals surface area contributed by atoms with Gasteiger partial charge in [-0.15, -0.1) is 0 Å². The quantitative estimate of drug-likeness (QED) is 0.771. The van der Waals surface area contributed by atoms with E-state index in [2.05, 4.69) is 29.0 Å². The highest BCUT2D eigenvalue weighted by Gasteiger charge is 2.30. The molecule has 2 aliphatic heterocycles. The minimum atomic E-state index is -0.146. The largest absolute Gasteiger partial charge is 0.394 e. The van der Waals surface area contributed by atoms with E-state index in [1.165, 1.54) is 58.3 Å². The fraction of sp³-hybridized carbons (Fsp3) is 1.00. The van der Waals surface area contributed by atoms with Gasteiger partial charge in [0.1, 0.15) is 0 Å². The molecule has 4 nitrogen and oxygen atoms in total. The first-order valence-electron chi connectivity index (χ1n) is 8.49. The van der Waals surface area contributed by atoms with Gasteiger partial charge in [-0.1, -0.05) is 13.3 Å². The smallest absolute Gasteiger partial charge is 0.0623 e. The summed E-state index contributed by atoms with van der Waals surface area (Å²) in [5.74, 6) is 0. The van der Waals surface area contributed by atoms with E-state index >= 15 is 0 Å². The summed E-state index contributed by atoms with van der Waals surface area (Å²) in [7, 11) is 0. The first-order valence-corrected chi connectivity index (χ1v) is 8.49. The Morgan fingerprint density at radius 2 is 1.75 bits per heavy atom. The monoisotopic (exact) mass is 283 g/mol. The van der Waals surface area contributed by atoms with Crippen LogP contribution in [0.15, 0.2) is 0 Å². The molecule has 118 valence electrons. The van der Waals surface area contributed by atoms with Crippen LogP contribution >= 0.6 is 0 Å². The Morgan fingerprint density at radius 3 is 2.30 bits per heavy atom. The highest BCUT2D eigenvalue weighted by atomic mass is 16.3. The molecule has 2 heterocycles. The summed E-state index contributed by atoms with van der Waals surface area (Å²) in [5, 5.41) is 13.0. The maximum atomic E-state index is 9.61. The molecule has 2 rings (SSSR count). The molecule has 1 unspecified atom stereocenters. The number of piperidine rings is 2. The third-order valence-electron chi connectivity index (χ3n) is 4.99. The van der Waals surface area contributed by atoms with Gasteiger partial charge in [0.2, 0.25) is 0 Å². The van der Waals surface area contributed by atoms with Crippen LogP contribution in [0.2, 0.25) is 0 Å². The highest BCUT2D eigenvalue weighted by molar-refractivity contribution is 4.89. The molecule has 0 aromatic carbocycles. The van der Waals surface area contributed by atoms with Crippen molar-refractivity contribution in [2.24, 2.45) is 0 Å². The number of nitrogens with one attached hydrogen (secondary N) is 1. The van der Waals surface area contributed by atoms with Gasteiger partial charge >= 0.3 is 0 Å². The Hall–Kier alpha value is -0.160. The SMILES string of the molecule is CCNC(C)(CO)CN1CCC(N2CCCCC2)CC1. The van der Waals surface area contributed by atoms with Crippen molar-refractivity contribution >= 4 is 0 Å². The van der Waals surface area contributed by atoms with Crippen LogP contribution in [-0.4, -0.2) is 72.4 Å². The summed E-state index contributed by atoms with van der Waals surface area (Å²) >= 11 is 0. The van der Waals surface area contributed by atoms with E-state index in [0.717, 1.165) is 19.1 Å². The van der Waals surface area contributed by atoms with Crippen molar-refractivity contribution in [2.75, 3.05) is 45.9 Å². The Kier molecular flexibility index (Phi) is 6.27. The molecule has 4 heteroatoms. The molecule has 0 bridgehead atoms. The van der Waals surface area contributed by atoms with Gasteiger partial charge in [-0.3, -0.25) is 0 Å². The van der Waals surface area contributed by atoms with Crippen molar-refractivity contribution in [1.82, 2.24) is 15.1 Å². The van der Waals surface area contributed by atoms with Gasteiger partial charge in [-0.2, -0.15) is 0 Å². The van der Waals surface area contributed by atoms with Gasteiger partial charge in [0.05, 0.1) is 12.1 Å². The van der Waals surface area contributed by atoms with Gasteiger partial charge in [0.25, 0.3) is 0 Å². The summed E-state index contributed by atoms with van der Waals surface area (Å²) in [5.41, 5.74) is -0.146. The number of rotatable bonds is 6. The number of aliphatic hydroxyl groups is 1. The van der Waals surface area contributed by atoms with E-state index in [1.807, 2.05) is 0 Å². The maximum absolute atomic E-state index is 9.61. The molecule has 2 saturated heterocycles. The predicted octanol–water partition coefficient (Wildman–Crippen LogP) is 1.30. The van der Waals surface area contributed by atoms with Crippen molar-refractivity contribution in [2.45, 2.75) is 57.5 Å². The van der Waals surface area contributed by atoms with Crippen LogP contribution in [0.25, 0.3) is 0 Å². The standard InChI is InChI=1S/C16H33N3O/c1-3-17-16(2,14-20)13-18-11-7-15(8-12-18)19-9-5-4-6-10-19/h15,17,20H,3-14H2,1-2H3.